The normalized spacial score (nSPS) is 12.0. The van der Waals surface area contributed by atoms with Crippen molar-refractivity contribution in [2.45, 2.75) is 135 Å². The van der Waals surface area contributed by atoms with Crippen LogP contribution in [-0.2, 0) is 5.41 Å². The fourth-order valence-electron chi connectivity index (χ4n) is 4.17. The minimum Gasteiger partial charge on any atom is -0.296 e. The number of H-pyrrole nitrogens is 1. The van der Waals surface area contributed by atoms with Crippen molar-refractivity contribution in [2.75, 3.05) is 0 Å². The zero-order valence-corrected chi connectivity index (χ0v) is 18.3. The first-order chi connectivity index (χ1) is 13.2. The number of aromatic nitrogens is 2. The van der Waals surface area contributed by atoms with Crippen LogP contribution >= 0.6 is 0 Å². The zero-order valence-electron chi connectivity index (χ0n) is 18.3. The predicted molar refractivity (Wildman–Crippen MR) is 116 cm³/mol. The predicted octanol–water partition coefficient (Wildman–Crippen LogP) is 7.54. The van der Waals surface area contributed by atoms with Crippen LogP contribution in [0.5, 0.6) is 0 Å². The summed E-state index contributed by atoms with van der Waals surface area (Å²) >= 11 is 0. The van der Waals surface area contributed by atoms with E-state index in [-0.39, 0.29) is 6.84 Å². The maximum atomic E-state index is 11.3. The summed E-state index contributed by atoms with van der Waals surface area (Å²) in [5.41, 5.74) is -0.0245. The molecule has 0 spiro atoms. The van der Waals surface area contributed by atoms with Crippen LogP contribution in [0.1, 0.15) is 137 Å². The van der Waals surface area contributed by atoms with E-state index in [2.05, 4.69) is 30.9 Å². The number of hydrogen-bond acceptors (Lipinski definition) is 3. The van der Waals surface area contributed by atoms with E-state index >= 15 is 0 Å². The largest absolute Gasteiger partial charge is 0.438 e. The molecule has 0 radical (unpaired) electrons. The lowest BCUT2D eigenvalue weighted by atomic mass is 9.77. The molecule has 1 N–H and O–H groups in total. The van der Waals surface area contributed by atoms with Crippen LogP contribution in [0.4, 0.5) is 0 Å². The van der Waals surface area contributed by atoms with Crippen LogP contribution in [0.3, 0.4) is 0 Å². The Morgan fingerprint density at radius 3 is 1.59 bits per heavy atom. The van der Waals surface area contributed by atoms with Gasteiger partial charge in [-0.2, -0.15) is 0 Å². The van der Waals surface area contributed by atoms with Crippen LogP contribution in [0.15, 0.2) is 9.32 Å². The van der Waals surface area contributed by atoms with Gasteiger partial charge in [-0.25, -0.2) is 4.79 Å². The first-order valence-electron chi connectivity index (χ1n) is 11.7. The summed E-state index contributed by atoms with van der Waals surface area (Å²) in [6, 6.07) is 0. The lowest BCUT2D eigenvalue weighted by molar-refractivity contribution is 0.305. The van der Waals surface area contributed by atoms with Crippen LogP contribution in [0.25, 0.3) is 0 Å². The summed E-state index contributed by atoms with van der Waals surface area (Å²) in [6.45, 7) is 6.64. The van der Waals surface area contributed by atoms with Gasteiger partial charge in [0.15, 0.2) is 5.82 Å². The van der Waals surface area contributed by atoms with Gasteiger partial charge in [0.1, 0.15) is 0 Å². The average Bonchev–Trinajstić information content (AvgIpc) is 3.12. The third kappa shape index (κ3) is 9.62. The van der Waals surface area contributed by atoms with E-state index in [0.717, 1.165) is 25.1 Å². The van der Waals surface area contributed by atoms with Crippen LogP contribution in [0, 0.1) is 0 Å². The lowest BCUT2D eigenvalue weighted by Gasteiger charge is -2.28. The van der Waals surface area contributed by atoms with Gasteiger partial charge < -0.3 is 0 Å². The first kappa shape index (κ1) is 24.0. The van der Waals surface area contributed by atoms with E-state index < -0.39 is 5.76 Å². The van der Waals surface area contributed by atoms with Crippen molar-refractivity contribution in [3.8, 4) is 0 Å². The monoisotopic (exact) mass is 382 g/mol. The molecule has 1 aromatic rings. The molecule has 0 fully saturated rings. The number of nitrogens with one attached hydrogen (secondary N) is 1. The smallest absolute Gasteiger partial charge is 0.296 e. The molecule has 0 saturated carbocycles. The Balaban J connectivity index is 0.00000729. The molecule has 4 heteroatoms. The summed E-state index contributed by atoms with van der Waals surface area (Å²) in [7, 11) is 0. The second kappa shape index (κ2) is 14.9. The quantitative estimate of drug-likeness (QED) is 0.267. The van der Waals surface area contributed by atoms with Gasteiger partial charge in [0.25, 0.3) is 0 Å². The summed E-state index contributed by atoms with van der Waals surface area (Å²) < 4.78 is 4.74. The van der Waals surface area contributed by atoms with Crippen LogP contribution in [0.2, 0.25) is 0 Å². The highest BCUT2D eigenvalue weighted by atomic mass is 16.5. The van der Waals surface area contributed by atoms with Gasteiger partial charge in [0.2, 0.25) is 0 Å². The van der Waals surface area contributed by atoms with Crippen molar-refractivity contribution in [3.05, 3.63) is 16.4 Å². The molecule has 1 rings (SSSR count). The molecule has 0 bridgehead atoms. The molecule has 160 valence electrons. The second-order valence-corrected chi connectivity index (χ2v) is 8.28. The number of rotatable bonds is 18. The Hall–Kier alpha value is -1.06. The molecule has 0 aromatic carbocycles. The van der Waals surface area contributed by atoms with Crippen molar-refractivity contribution in [3.63, 3.8) is 0 Å². The highest BCUT2D eigenvalue weighted by Crippen LogP contribution is 2.34. The SMILES string of the molecule is CCCCCCCCCCCCCCCCC(CC)(CC)c1noc(=O)[nH]1.[HH]. The van der Waals surface area contributed by atoms with Crippen molar-refractivity contribution in [1.82, 2.24) is 10.1 Å². The Morgan fingerprint density at radius 1 is 0.778 bits per heavy atom. The molecule has 0 aliphatic carbocycles. The molecule has 0 atom stereocenters. The Kier molecular flexibility index (Phi) is 13.3. The van der Waals surface area contributed by atoms with Gasteiger partial charge in [-0.1, -0.05) is 116 Å². The van der Waals surface area contributed by atoms with Gasteiger partial charge in [-0.15, -0.1) is 0 Å². The summed E-state index contributed by atoms with van der Waals surface area (Å²) in [6.07, 6.45) is 22.4. The first-order valence-corrected chi connectivity index (χ1v) is 11.7. The Bertz CT molecular complexity index is 509. The van der Waals surface area contributed by atoms with Crippen molar-refractivity contribution in [1.29, 1.82) is 0 Å². The minimum absolute atomic E-state index is 0. The van der Waals surface area contributed by atoms with E-state index in [1.54, 1.807) is 0 Å². The van der Waals surface area contributed by atoms with Gasteiger partial charge in [-0.3, -0.25) is 9.51 Å². The van der Waals surface area contributed by atoms with Gasteiger partial charge >= 0.3 is 5.76 Å². The van der Waals surface area contributed by atoms with Gasteiger partial charge in [0, 0.05) is 6.84 Å². The summed E-state index contributed by atoms with van der Waals surface area (Å²) in [5.74, 6) is 0.310. The molecular formula is C23H46N2O2. The fourth-order valence-corrected chi connectivity index (χ4v) is 4.17. The minimum atomic E-state index is -0.433. The molecular weight excluding hydrogens is 336 g/mol. The van der Waals surface area contributed by atoms with Crippen molar-refractivity contribution >= 4 is 0 Å². The topological polar surface area (TPSA) is 58.9 Å². The Labute approximate surface area is 168 Å². The maximum Gasteiger partial charge on any atom is 0.438 e. The van der Waals surface area contributed by atoms with E-state index in [1.807, 2.05) is 0 Å². The average molecular weight is 383 g/mol. The lowest BCUT2D eigenvalue weighted by Crippen LogP contribution is -2.26. The third-order valence-electron chi connectivity index (χ3n) is 6.31. The molecule has 4 nitrogen and oxygen atoms in total. The molecule has 0 amide bonds. The van der Waals surface area contributed by atoms with E-state index in [1.165, 1.54) is 89.9 Å². The van der Waals surface area contributed by atoms with Gasteiger partial charge in [-0.05, 0) is 19.3 Å². The maximum absolute atomic E-state index is 11.3. The van der Waals surface area contributed by atoms with Crippen LogP contribution < -0.4 is 5.76 Å². The molecule has 0 aliphatic rings. The van der Waals surface area contributed by atoms with Gasteiger partial charge in [0.05, 0.1) is 0 Å². The molecule has 27 heavy (non-hydrogen) atoms. The molecule has 0 unspecified atom stereocenters. The van der Waals surface area contributed by atoms with E-state index in [9.17, 15) is 4.79 Å². The number of nitrogens with zero attached hydrogens (tertiary/aromatic N) is 1. The van der Waals surface area contributed by atoms with E-state index in [0.29, 0.717) is 0 Å². The highest BCUT2D eigenvalue weighted by Gasteiger charge is 2.32. The van der Waals surface area contributed by atoms with Crippen LogP contribution in [-0.4, -0.2) is 10.1 Å². The fraction of sp³-hybridized carbons (Fsp3) is 0.913. The zero-order chi connectivity index (χ0) is 19.8. The molecule has 0 saturated heterocycles. The highest BCUT2D eigenvalue weighted by molar-refractivity contribution is 5.04. The Morgan fingerprint density at radius 2 is 1.22 bits per heavy atom. The second-order valence-electron chi connectivity index (χ2n) is 8.28. The van der Waals surface area contributed by atoms with Crippen molar-refractivity contribution in [2.24, 2.45) is 0 Å². The summed E-state index contributed by atoms with van der Waals surface area (Å²) in [4.78, 5) is 14.1. The van der Waals surface area contributed by atoms with E-state index in [4.69, 9.17) is 4.52 Å². The molecule has 0 aliphatic heterocycles. The standard InChI is InChI=1S/C23H44N2O2.H2/c1-4-7-8-9-10-11-12-13-14-15-16-17-18-19-20-23(5-2,6-3)21-24-22(26)27-25-21;/h4-20H2,1-3H3,(H,24,25,26);1H. The number of hydrogen-bond donors (Lipinski definition) is 1. The molecule has 1 heterocycles. The molecule has 1 aromatic heterocycles. The number of unbranched alkanes of at least 4 members (excludes halogenated alkanes) is 13. The third-order valence-corrected chi connectivity index (χ3v) is 6.31. The van der Waals surface area contributed by atoms with Crippen molar-refractivity contribution < 1.29 is 5.95 Å². The summed E-state index contributed by atoms with van der Waals surface area (Å²) in [5, 5.41) is 3.97. The number of aromatic amines is 1.